The maximum atomic E-state index is 13.5. The fourth-order valence-corrected chi connectivity index (χ4v) is 5.53. The third kappa shape index (κ3) is 2.89. The second-order valence-corrected chi connectivity index (χ2v) is 9.49. The highest BCUT2D eigenvalue weighted by atomic mass is 32.2. The Kier molecular flexibility index (Phi) is 4.19. The highest BCUT2D eigenvalue weighted by Gasteiger charge is 2.34. The molecule has 1 aliphatic heterocycles. The van der Waals surface area contributed by atoms with Gasteiger partial charge in [0, 0.05) is 39.3 Å². The van der Waals surface area contributed by atoms with Gasteiger partial charge in [0.15, 0.2) is 5.58 Å². The van der Waals surface area contributed by atoms with Gasteiger partial charge in [0.25, 0.3) is 0 Å². The van der Waals surface area contributed by atoms with Gasteiger partial charge in [0.1, 0.15) is 0 Å². The molecule has 0 spiro atoms. The van der Waals surface area contributed by atoms with Crippen LogP contribution in [-0.2, 0) is 30.7 Å². The molecule has 4 aromatic rings. The largest absolute Gasteiger partial charge is 0.419 e. The van der Waals surface area contributed by atoms with Gasteiger partial charge in [-0.3, -0.25) is 9.25 Å². The number of fused-ring (bicyclic) bond motifs is 2. The lowest BCUT2D eigenvalue weighted by Crippen LogP contribution is -2.38. The Labute approximate surface area is 173 Å². The molecule has 9 heteroatoms. The van der Waals surface area contributed by atoms with Crippen molar-refractivity contribution in [2.24, 2.45) is 14.1 Å². The molecule has 0 unspecified atom stereocenters. The van der Waals surface area contributed by atoms with Crippen LogP contribution >= 0.6 is 0 Å². The molecule has 0 saturated carbocycles. The fraction of sp³-hybridized carbons (Fsp3) is 0.238. The number of aryl methyl sites for hydroxylation is 2. The van der Waals surface area contributed by atoms with Crippen LogP contribution in [0.3, 0.4) is 0 Å². The van der Waals surface area contributed by atoms with Gasteiger partial charge in [0.2, 0.25) is 10.0 Å². The van der Waals surface area contributed by atoms with Crippen molar-refractivity contribution in [3.8, 4) is 0 Å². The van der Waals surface area contributed by atoms with Crippen molar-refractivity contribution in [1.82, 2.24) is 18.7 Å². The summed E-state index contributed by atoms with van der Waals surface area (Å²) in [4.78, 5) is 11.9. The normalized spacial score (nSPS) is 17.3. The Morgan fingerprint density at radius 3 is 2.70 bits per heavy atom. The summed E-state index contributed by atoms with van der Waals surface area (Å²) in [5.41, 5.74) is 3.86. The maximum Gasteiger partial charge on any atom is 0.419 e. The minimum absolute atomic E-state index is 0.111. The zero-order valence-electron chi connectivity index (χ0n) is 16.5. The summed E-state index contributed by atoms with van der Waals surface area (Å²) in [7, 11) is -0.389. The van der Waals surface area contributed by atoms with Gasteiger partial charge in [-0.2, -0.15) is 9.40 Å². The van der Waals surface area contributed by atoms with Crippen molar-refractivity contribution in [2.75, 3.05) is 6.54 Å². The molecule has 154 valence electrons. The first-order chi connectivity index (χ1) is 14.3. The van der Waals surface area contributed by atoms with E-state index < -0.39 is 15.8 Å². The molecule has 8 nitrogen and oxygen atoms in total. The Morgan fingerprint density at radius 1 is 1.13 bits per heavy atom. The highest BCUT2D eigenvalue weighted by molar-refractivity contribution is 7.89. The lowest BCUT2D eigenvalue weighted by molar-refractivity contribution is 0.371. The van der Waals surface area contributed by atoms with Gasteiger partial charge in [-0.25, -0.2) is 13.2 Å². The Morgan fingerprint density at radius 2 is 1.93 bits per heavy atom. The Hall–Kier alpha value is -3.17. The van der Waals surface area contributed by atoms with Crippen molar-refractivity contribution in [3.05, 3.63) is 82.1 Å². The van der Waals surface area contributed by atoms with Gasteiger partial charge < -0.3 is 4.42 Å². The van der Waals surface area contributed by atoms with Crippen molar-refractivity contribution in [3.63, 3.8) is 0 Å². The van der Waals surface area contributed by atoms with Crippen LogP contribution in [0.4, 0.5) is 0 Å². The molecule has 3 heterocycles. The van der Waals surface area contributed by atoms with Gasteiger partial charge >= 0.3 is 5.76 Å². The van der Waals surface area contributed by atoms with Gasteiger partial charge in [-0.05, 0) is 34.9 Å². The van der Waals surface area contributed by atoms with E-state index in [0.717, 1.165) is 16.7 Å². The predicted octanol–water partition coefficient (Wildman–Crippen LogP) is 2.20. The molecular formula is C21H20N4O4S. The lowest BCUT2D eigenvalue weighted by Gasteiger charge is -2.33. The average Bonchev–Trinajstić information content (AvgIpc) is 3.30. The molecule has 1 aliphatic rings. The zero-order chi connectivity index (χ0) is 21.0. The monoisotopic (exact) mass is 424 g/mol. The summed E-state index contributed by atoms with van der Waals surface area (Å²) in [5, 5.41) is 4.26. The minimum atomic E-state index is -3.79. The molecule has 2 aromatic heterocycles. The van der Waals surface area contributed by atoms with Crippen LogP contribution in [0.2, 0.25) is 0 Å². The smallest absolute Gasteiger partial charge is 0.408 e. The molecule has 0 radical (unpaired) electrons. The van der Waals surface area contributed by atoms with Gasteiger partial charge in [-0.1, -0.05) is 24.3 Å². The molecule has 0 fully saturated rings. The van der Waals surface area contributed by atoms with Crippen LogP contribution in [0.5, 0.6) is 0 Å². The average molecular weight is 424 g/mol. The number of oxazole rings is 1. The zero-order valence-corrected chi connectivity index (χ0v) is 17.3. The van der Waals surface area contributed by atoms with E-state index in [-0.39, 0.29) is 17.4 Å². The van der Waals surface area contributed by atoms with E-state index in [2.05, 4.69) is 5.10 Å². The minimum Gasteiger partial charge on any atom is -0.408 e. The quantitative estimate of drug-likeness (QED) is 0.503. The summed E-state index contributed by atoms with van der Waals surface area (Å²) < 4.78 is 36.7. The van der Waals surface area contributed by atoms with Crippen LogP contribution in [0.1, 0.15) is 22.6 Å². The van der Waals surface area contributed by atoms with Crippen LogP contribution in [0, 0.1) is 0 Å². The maximum absolute atomic E-state index is 13.5. The SMILES string of the molecule is Cn1cc([C@@H]2CN(S(=O)(=O)c3ccc4oc(=O)n(C)c4c3)Cc3ccccc32)cn1. The molecule has 30 heavy (non-hydrogen) atoms. The van der Waals surface area contributed by atoms with E-state index in [1.165, 1.54) is 27.1 Å². The fourth-order valence-electron chi connectivity index (χ4n) is 4.08. The third-order valence-electron chi connectivity index (χ3n) is 5.69. The third-order valence-corrected chi connectivity index (χ3v) is 7.50. The van der Waals surface area contributed by atoms with E-state index >= 15 is 0 Å². The van der Waals surface area contributed by atoms with Crippen molar-refractivity contribution in [1.29, 1.82) is 0 Å². The van der Waals surface area contributed by atoms with E-state index in [4.69, 9.17) is 4.42 Å². The van der Waals surface area contributed by atoms with Crippen LogP contribution in [-0.4, -0.2) is 33.6 Å². The summed E-state index contributed by atoms with van der Waals surface area (Å²) in [6, 6.07) is 12.4. The molecule has 0 amide bonds. The van der Waals surface area contributed by atoms with Crippen molar-refractivity contribution in [2.45, 2.75) is 17.4 Å². The van der Waals surface area contributed by atoms with Crippen molar-refractivity contribution >= 4 is 21.1 Å². The van der Waals surface area contributed by atoms with E-state index in [1.54, 1.807) is 17.9 Å². The topological polar surface area (TPSA) is 90.3 Å². The molecule has 5 rings (SSSR count). The standard InChI is InChI=1S/C21H20N4O4S/c1-23-11-15(10-22-23)18-13-25(12-14-5-3-4-6-17(14)18)30(27,28)16-7-8-20-19(9-16)24(2)21(26)29-20/h3-11,18H,12-13H2,1-2H3/t18-/m0/s1. The molecule has 0 N–H and O–H groups in total. The first-order valence-corrected chi connectivity index (χ1v) is 10.9. The van der Waals surface area contributed by atoms with Crippen LogP contribution in [0.15, 0.2) is 69.0 Å². The molecular weight excluding hydrogens is 404 g/mol. The van der Waals surface area contributed by atoms with Crippen molar-refractivity contribution < 1.29 is 12.8 Å². The lowest BCUT2D eigenvalue weighted by atomic mass is 9.87. The molecule has 0 saturated heterocycles. The van der Waals surface area contributed by atoms with Crippen LogP contribution in [0.25, 0.3) is 11.1 Å². The number of benzene rings is 2. The second kappa shape index (κ2) is 6.68. The molecule has 1 atom stereocenters. The number of nitrogens with zero attached hydrogens (tertiary/aromatic N) is 4. The molecule has 0 aliphatic carbocycles. The summed E-state index contributed by atoms with van der Waals surface area (Å²) in [5.74, 6) is -0.636. The highest BCUT2D eigenvalue weighted by Crippen LogP contribution is 2.36. The Balaban J connectivity index is 1.59. The van der Waals surface area contributed by atoms with Crippen LogP contribution < -0.4 is 5.76 Å². The first-order valence-electron chi connectivity index (χ1n) is 9.50. The Bertz CT molecular complexity index is 1430. The number of hydrogen-bond acceptors (Lipinski definition) is 5. The van der Waals surface area contributed by atoms with Gasteiger partial charge in [0.05, 0.1) is 16.6 Å². The number of aromatic nitrogens is 3. The first kappa shape index (κ1) is 18.8. The summed E-state index contributed by atoms with van der Waals surface area (Å²) >= 11 is 0. The molecule has 2 aromatic carbocycles. The van der Waals surface area contributed by atoms with Gasteiger partial charge in [-0.15, -0.1) is 0 Å². The number of rotatable bonds is 3. The van der Waals surface area contributed by atoms with E-state index in [9.17, 15) is 13.2 Å². The predicted molar refractivity (Wildman–Crippen MR) is 111 cm³/mol. The molecule has 0 bridgehead atoms. The summed E-state index contributed by atoms with van der Waals surface area (Å²) in [6.45, 7) is 0.602. The van der Waals surface area contributed by atoms with E-state index in [0.29, 0.717) is 17.6 Å². The number of hydrogen-bond donors (Lipinski definition) is 0. The van der Waals surface area contributed by atoms with E-state index in [1.807, 2.05) is 37.5 Å². The summed E-state index contributed by atoms with van der Waals surface area (Å²) in [6.07, 6.45) is 3.70. The second-order valence-electron chi connectivity index (χ2n) is 7.55. The number of sulfonamides is 1.